The maximum absolute atomic E-state index is 4.81. The molecule has 0 heterocycles. The molecule has 0 aromatic heterocycles. The minimum absolute atomic E-state index is 0.709. The molecule has 4 heteroatoms. The lowest BCUT2D eigenvalue weighted by Crippen LogP contribution is -2.09. The van der Waals surface area contributed by atoms with E-state index in [1.54, 1.807) is 0 Å². The van der Waals surface area contributed by atoms with Crippen molar-refractivity contribution >= 4 is 41.2 Å². The molecule has 131 valence electrons. The Morgan fingerprint density at radius 1 is 0.731 bits per heavy atom. The normalized spacial score (nSPS) is 10.5. The van der Waals surface area contributed by atoms with Crippen molar-refractivity contribution in [2.75, 3.05) is 0 Å². The van der Waals surface area contributed by atoms with E-state index >= 15 is 0 Å². The van der Waals surface area contributed by atoms with Crippen molar-refractivity contribution in [2.24, 2.45) is 0 Å². The average Bonchev–Trinajstić information content (AvgIpc) is 2.71. The Morgan fingerprint density at radius 3 is 1.96 bits per heavy atom. The Kier molecular flexibility index (Phi) is 7.62. The maximum atomic E-state index is 4.81. The first-order chi connectivity index (χ1) is 12.9. The van der Waals surface area contributed by atoms with Gasteiger partial charge in [-0.3, -0.25) is 0 Å². The summed E-state index contributed by atoms with van der Waals surface area (Å²) in [4.78, 5) is 2.65. The summed E-state index contributed by atoms with van der Waals surface area (Å²) in [6, 6.07) is 27.7. The molecule has 0 aliphatic rings. The van der Waals surface area contributed by atoms with Gasteiger partial charge >= 0.3 is 0 Å². The zero-order valence-electron chi connectivity index (χ0n) is 14.4. The molecular weight excluding hydrogens is 374 g/mol. The van der Waals surface area contributed by atoms with Gasteiger partial charge in [0.05, 0.1) is 0 Å². The van der Waals surface area contributed by atoms with Crippen LogP contribution < -0.4 is 5.32 Å². The topological polar surface area (TPSA) is 12.0 Å². The fraction of sp³-hybridized carbons (Fsp3) is 0.136. The van der Waals surface area contributed by atoms with Crippen molar-refractivity contribution in [2.45, 2.75) is 27.8 Å². The first-order valence-corrected chi connectivity index (χ1v) is 10.8. The molecule has 0 atom stereocenters. The summed E-state index contributed by atoms with van der Waals surface area (Å²) in [6.45, 7) is 0.709. The molecule has 1 nitrogen and oxygen atoms in total. The van der Waals surface area contributed by atoms with Gasteiger partial charge in [0.15, 0.2) is 0 Å². The number of rotatable bonds is 9. The lowest BCUT2D eigenvalue weighted by molar-refractivity contribution is 0.902. The zero-order valence-corrected chi connectivity index (χ0v) is 16.8. The molecule has 0 saturated heterocycles. The van der Waals surface area contributed by atoms with Crippen LogP contribution in [0.4, 0.5) is 0 Å². The highest BCUT2D eigenvalue weighted by Gasteiger charge is 2.10. The Labute approximate surface area is 169 Å². The van der Waals surface area contributed by atoms with Crippen LogP contribution in [-0.4, -0.2) is 5.49 Å². The van der Waals surface area contributed by atoms with E-state index < -0.39 is 0 Å². The molecule has 26 heavy (non-hydrogen) atoms. The quantitative estimate of drug-likeness (QED) is 0.263. The summed E-state index contributed by atoms with van der Waals surface area (Å²) >= 11 is 8.59. The molecule has 3 rings (SSSR count). The van der Waals surface area contributed by atoms with Gasteiger partial charge in [0.1, 0.15) is 5.49 Å². The molecule has 0 bridgehead atoms. The first-order valence-electron chi connectivity index (χ1n) is 8.42. The summed E-state index contributed by atoms with van der Waals surface area (Å²) in [7, 11) is 0. The molecule has 0 fully saturated rings. The number of benzene rings is 3. The fourth-order valence-corrected chi connectivity index (χ4v) is 4.99. The predicted molar refractivity (Wildman–Crippen MR) is 118 cm³/mol. The van der Waals surface area contributed by atoms with Crippen molar-refractivity contribution in [1.82, 2.24) is 5.32 Å². The third-order valence-corrected chi connectivity index (χ3v) is 6.53. The molecule has 0 saturated carbocycles. The summed E-state index contributed by atoms with van der Waals surface area (Å²) < 4.78 is 0. The van der Waals surface area contributed by atoms with Crippen molar-refractivity contribution in [1.29, 1.82) is 0 Å². The van der Waals surface area contributed by atoms with Crippen LogP contribution in [0, 0.1) is 0 Å². The van der Waals surface area contributed by atoms with Crippen LogP contribution in [0.5, 0.6) is 0 Å². The second-order valence-corrected chi connectivity index (χ2v) is 7.96. The maximum Gasteiger partial charge on any atom is 0.134 e. The zero-order chi connectivity index (χ0) is 18.0. The molecule has 0 unspecified atom stereocenters. The lowest BCUT2D eigenvalue weighted by atomic mass is 10.2. The standard InChI is InChI=1S/C22H20NS3/c24-17-23-14-20-12-7-13-21(25-15-18-8-3-1-4-9-18)22(20)26-16-19-10-5-2-6-11-19/h1-13H,14-16H2,(H,23,24). The highest BCUT2D eigenvalue weighted by molar-refractivity contribution is 8.01. The summed E-state index contributed by atoms with van der Waals surface area (Å²) in [5, 5.41) is 3.05. The SMILES string of the molecule is S=[C]NCc1cccc(SCc2ccccc2)c1SCc1ccccc1. The molecule has 0 aliphatic carbocycles. The highest BCUT2D eigenvalue weighted by atomic mass is 32.2. The van der Waals surface area contributed by atoms with Crippen LogP contribution in [0.2, 0.25) is 0 Å². The van der Waals surface area contributed by atoms with E-state index in [4.69, 9.17) is 12.2 Å². The van der Waals surface area contributed by atoms with E-state index in [1.165, 1.54) is 26.5 Å². The summed E-state index contributed by atoms with van der Waals surface area (Å²) in [6.07, 6.45) is 0. The van der Waals surface area contributed by atoms with Gasteiger partial charge < -0.3 is 5.32 Å². The molecule has 0 spiro atoms. The molecule has 0 aliphatic heterocycles. The highest BCUT2D eigenvalue weighted by Crippen LogP contribution is 2.37. The van der Waals surface area contributed by atoms with Gasteiger partial charge in [-0.05, 0) is 22.8 Å². The van der Waals surface area contributed by atoms with Gasteiger partial charge in [-0.1, -0.05) is 85.0 Å². The number of thiocarbonyl (C=S) groups is 1. The summed E-state index contributed by atoms with van der Waals surface area (Å²) in [5.41, 5.74) is 6.55. The number of hydrogen-bond acceptors (Lipinski definition) is 3. The van der Waals surface area contributed by atoms with Gasteiger partial charge in [-0.2, -0.15) is 0 Å². The monoisotopic (exact) mass is 394 g/mol. The van der Waals surface area contributed by atoms with Crippen molar-refractivity contribution < 1.29 is 0 Å². The Balaban J connectivity index is 1.78. The number of thioether (sulfide) groups is 2. The number of hydrogen-bond donors (Lipinski definition) is 1. The van der Waals surface area contributed by atoms with Crippen LogP contribution in [0.25, 0.3) is 0 Å². The third-order valence-electron chi connectivity index (χ3n) is 3.87. The molecule has 3 aromatic carbocycles. The van der Waals surface area contributed by atoms with Gasteiger partial charge in [0.2, 0.25) is 0 Å². The minimum Gasteiger partial charge on any atom is -0.370 e. The van der Waals surface area contributed by atoms with Crippen molar-refractivity contribution in [3.05, 3.63) is 95.6 Å². The third kappa shape index (κ3) is 5.63. The minimum atomic E-state index is 0.709. The van der Waals surface area contributed by atoms with Crippen LogP contribution in [0.3, 0.4) is 0 Å². The van der Waals surface area contributed by atoms with E-state index in [2.05, 4.69) is 89.7 Å². The Bertz CT molecular complexity index is 819. The van der Waals surface area contributed by atoms with Gasteiger partial charge in [0, 0.05) is 27.8 Å². The van der Waals surface area contributed by atoms with Crippen LogP contribution >= 0.6 is 35.7 Å². The first kappa shape index (κ1) is 19.0. The smallest absolute Gasteiger partial charge is 0.134 e. The summed E-state index contributed by atoms with van der Waals surface area (Å²) in [5.74, 6) is 1.92. The van der Waals surface area contributed by atoms with Gasteiger partial charge in [-0.15, -0.1) is 23.5 Å². The van der Waals surface area contributed by atoms with E-state index in [1.807, 2.05) is 23.5 Å². The van der Waals surface area contributed by atoms with Gasteiger partial charge in [0.25, 0.3) is 0 Å². The van der Waals surface area contributed by atoms with Crippen molar-refractivity contribution in [3.63, 3.8) is 0 Å². The van der Waals surface area contributed by atoms with E-state index in [9.17, 15) is 0 Å². The lowest BCUT2D eigenvalue weighted by Gasteiger charge is -2.14. The second-order valence-electron chi connectivity index (χ2n) is 5.75. The number of nitrogens with one attached hydrogen (secondary N) is 1. The van der Waals surface area contributed by atoms with Crippen LogP contribution in [0.1, 0.15) is 16.7 Å². The largest absolute Gasteiger partial charge is 0.370 e. The van der Waals surface area contributed by atoms with Crippen LogP contribution in [-0.2, 0) is 18.1 Å². The molecular formula is C22H20NS3. The van der Waals surface area contributed by atoms with Crippen molar-refractivity contribution in [3.8, 4) is 0 Å². The molecule has 0 amide bonds. The fourth-order valence-electron chi connectivity index (χ4n) is 2.57. The molecule has 1 radical (unpaired) electrons. The second kappa shape index (κ2) is 10.4. The predicted octanol–water partition coefficient (Wildman–Crippen LogP) is 6.20. The molecule has 3 aromatic rings. The Morgan fingerprint density at radius 2 is 1.35 bits per heavy atom. The average molecular weight is 395 g/mol. The van der Waals surface area contributed by atoms with E-state index in [0.717, 1.165) is 11.5 Å². The van der Waals surface area contributed by atoms with E-state index in [0.29, 0.717) is 6.54 Å². The van der Waals surface area contributed by atoms with Crippen LogP contribution in [0.15, 0.2) is 88.7 Å². The van der Waals surface area contributed by atoms with E-state index in [-0.39, 0.29) is 0 Å². The molecule has 1 N–H and O–H groups in total. The van der Waals surface area contributed by atoms with Gasteiger partial charge in [-0.25, -0.2) is 0 Å². The Hall–Kier alpha value is -1.75.